The van der Waals surface area contributed by atoms with Gasteiger partial charge in [0.2, 0.25) is 5.91 Å². The normalized spacial score (nSPS) is 17.7. The summed E-state index contributed by atoms with van der Waals surface area (Å²) < 4.78 is 35.4. The molecule has 0 radical (unpaired) electrons. The third kappa shape index (κ3) is 6.01. The van der Waals surface area contributed by atoms with Crippen LogP contribution in [0.25, 0.3) is 0 Å². The smallest absolute Gasteiger partial charge is 0.387 e. The minimum Gasteiger partial charge on any atom is -0.433 e. The van der Waals surface area contributed by atoms with Gasteiger partial charge >= 0.3 is 12.6 Å². The number of morpholine rings is 1. The number of hydrogen-bond donors (Lipinski definition) is 4. The molecule has 1 aromatic carbocycles. The lowest BCUT2D eigenvalue weighted by Gasteiger charge is -2.28. The van der Waals surface area contributed by atoms with Gasteiger partial charge in [-0.15, -0.1) is 0 Å². The number of nitrogens with one attached hydrogen (secondary N) is 3. The summed E-state index contributed by atoms with van der Waals surface area (Å²) in [4.78, 5) is 38.0. The van der Waals surface area contributed by atoms with E-state index in [-0.39, 0.29) is 43.1 Å². The van der Waals surface area contributed by atoms with Crippen LogP contribution in [0.5, 0.6) is 5.75 Å². The average Bonchev–Trinajstić information content (AvgIpc) is 2.70. The fourth-order valence-corrected chi connectivity index (χ4v) is 3.16. The van der Waals surface area contributed by atoms with Crippen molar-refractivity contribution in [1.82, 2.24) is 10.6 Å². The lowest BCUT2D eigenvalue weighted by atomic mass is 9.93. The van der Waals surface area contributed by atoms with E-state index in [9.17, 15) is 23.2 Å². The number of amides is 4. The molecule has 170 valence electrons. The molecule has 0 aromatic heterocycles. The van der Waals surface area contributed by atoms with E-state index in [2.05, 4.69) is 20.7 Å². The Labute approximate surface area is 177 Å². The maximum absolute atomic E-state index is 12.9. The molecular formula is C19H25F2N5O5. The summed E-state index contributed by atoms with van der Waals surface area (Å²) in [6, 6.07) is 2.53. The molecule has 0 unspecified atom stereocenters. The molecule has 3 rings (SSSR count). The SMILES string of the molecule is NC[C@@H](NC(=O)NC1CCC1)C(=O)Nc1ccc(N2CCOCC2=O)cc1OC(F)F. The van der Waals surface area contributed by atoms with E-state index in [0.717, 1.165) is 19.3 Å². The van der Waals surface area contributed by atoms with Crippen molar-refractivity contribution in [3.8, 4) is 5.75 Å². The van der Waals surface area contributed by atoms with Crippen LogP contribution in [0.1, 0.15) is 19.3 Å². The predicted octanol–water partition coefficient (Wildman–Crippen LogP) is 0.769. The standard InChI is InChI=1S/C19H25F2N5O5/c20-18(21)31-15-8-12(26-6-7-30-10-16(26)27)4-5-13(15)24-17(28)14(9-22)25-19(29)23-11-2-1-3-11/h4-5,8,11,14,18H,1-3,6-7,9-10,22H2,(H,24,28)(H2,23,25,29)/t14-/m1/s1. The maximum Gasteiger partial charge on any atom is 0.387 e. The third-order valence-corrected chi connectivity index (χ3v) is 5.03. The van der Waals surface area contributed by atoms with Gasteiger partial charge in [0, 0.05) is 30.9 Å². The van der Waals surface area contributed by atoms with E-state index in [1.807, 2.05) is 0 Å². The quantitative estimate of drug-likeness (QED) is 0.471. The van der Waals surface area contributed by atoms with Gasteiger partial charge in [-0.05, 0) is 31.4 Å². The lowest BCUT2D eigenvalue weighted by molar-refractivity contribution is -0.125. The van der Waals surface area contributed by atoms with E-state index in [4.69, 9.17) is 10.5 Å². The highest BCUT2D eigenvalue weighted by atomic mass is 19.3. The minimum absolute atomic E-state index is 0.0468. The number of urea groups is 1. The minimum atomic E-state index is -3.15. The summed E-state index contributed by atoms with van der Waals surface area (Å²) in [6.07, 6.45) is 2.78. The van der Waals surface area contributed by atoms with Gasteiger partial charge < -0.3 is 36.1 Å². The topological polar surface area (TPSA) is 135 Å². The first-order valence-corrected chi connectivity index (χ1v) is 9.92. The number of hydrogen-bond acceptors (Lipinski definition) is 6. The molecule has 4 amide bonds. The van der Waals surface area contributed by atoms with Crippen molar-refractivity contribution in [2.45, 2.75) is 38.0 Å². The molecule has 1 aliphatic heterocycles. The molecule has 1 aliphatic carbocycles. The van der Waals surface area contributed by atoms with Crippen LogP contribution in [0, 0.1) is 0 Å². The van der Waals surface area contributed by atoms with Crippen molar-refractivity contribution in [2.75, 3.05) is 36.5 Å². The molecule has 1 atom stereocenters. The van der Waals surface area contributed by atoms with E-state index in [0.29, 0.717) is 12.3 Å². The van der Waals surface area contributed by atoms with E-state index in [1.54, 1.807) is 0 Å². The van der Waals surface area contributed by atoms with Crippen LogP contribution >= 0.6 is 0 Å². The molecule has 1 aromatic rings. The summed E-state index contributed by atoms with van der Waals surface area (Å²) in [7, 11) is 0. The van der Waals surface area contributed by atoms with Crippen LogP contribution in [-0.2, 0) is 14.3 Å². The second-order valence-corrected chi connectivity index (χ2v) is 7.18. The van der Waals surface area contributed by atoms with Crippen molar-refractivity contribution in [2.24, 2.45) is 5.73 Å². The fraction of sp³-hybridized carbons (Fsp3) is 0.526. The molecule has 2 fully saturated rings. The Morgan fingerprint density at radius 2 is 2.10 bits per heavy atom. The van der Waals surface area contributed by atoms with Gasteiger partial charge in [0.1, 0.15) is 12.6 Å². The zero-order valence-electron chi connectivity index (χ0n) is 16.7. The Morgan fingerprint density at radius 1 is 1.32 bits per heavy atom. The lowest BCUT2D eigenvalue weighted by Crippen LogP contribution is -2.54. The molecule has 1 heterocycles. The van der Waals surface area contributed by atoms with Crippen LogP contribution < -0.4 is 31.3 Å². The Bertz CT molecular complexity index is 821. The van der Waals surface area contributed by atoms with Gasteiger partial charge in [0.25, 0.3) is 5.91 Å². The first kappa shape index (κ1) is 22.7. The Balaban J connectivity index is 1.70. The fourth-order valence-electron chi connectivity index (χ4n) is 3.16. The molecule has 12 heteroatoms. The summed E-state index contributed by atoms with van der Waals surface area (Å²) in [5.74, 6) is -1.34. The first-order chi connectivity index (χ1) is 14.9. The zero-order valence-corrected chi connectivity index (χ0v) is 16.7. The van der Waals surface area contributed by atoms with Crippen molar-refractivity contribution >= 4 is 29.2 Å². The summed E-state index contributed by atoms with van der Waals surface area (Å²) in [5.41, 5.74) is 5.88. The van der Waals surface area contributed by atoms with Gasteiger partial charge in [-0.2, -0.15) is 8.78 Å². The van der Waals surface area contributed by atoms with Crippen LogP contribution in [0.3, 0.4) is 0 Å². The number of carbonyl (C=O) groups excluding carboxylic acids is 3. The van der Waals surface area contributed by atoms with Crippen molar-refractivity contribution in [3.63, 3.8) is 0 Å². The maximum atomic E-state index is 12.9. The Morgan fingerprint density at radius 3 is 2.71 bits per heavy atom. The van der Waals surface area contributed by atoms with Gasteiger partial charge in [-0.25, -0.2) is 4.79 Å². The summed E-state index contributed by atoms with van der Waals surface area (Å²) in [6.45, 7) is -2.90. The van der Waals surface area contributed by atoms with Crippen LogP contribution in [-0.4, -0.2) is 62.8 Å². The second kappa shape index (κ2) is 10.4. The molecule has 0 bridgehead atoms. The number of carbonyl (C=O) groups is 3. The van der Waals surface area contributed by atoms with E-state index in [1.165, 1.54) is 23.1 Å². The zero-order chi connectivity index (χ0) is 22.4. The van der Waals surface area contributed by atoms with Gasteiger partial charge in [-0.3, -0.25) is 9.59 Å². The number of ether oxygens (including phenoxy) is 2. The predicted molar refractivity (Wildman–Crippen MR) is 107 cm³/mol. The molecule has 10 nitrogen and oxygen atoms in total. The second-order valence-electron chi connectivity index (χ2n) is 7.18. The number of nitrogens with two attached hydrogens (primary N) is 1. The van der Waals surface area contributed by atoms with Crippen molar-refractivity contribution in [1.29, 1.82) is 0 Å². The number of rotatable bonds is 8. The Kier molecular flexibility index (Phi) is 7.58. The highest BCUT2D eigenvalue weighted by Gasteiger charge is 2.26. The highest BCUT2D eigenvalue weighted by molar-refractivity contribution is 5.99. The van der Waals surface area contributed by atoms with E-state index >= 15 is 0 Å². The summed E-state index contributed by atoms with van der Waals surface area (Å²) >= 11 is 0. The Hall–Kier alpha value is -2.99. The number of halogens is 2. The van der Waals surface area contributed by atoms with Gasteiger partial charge in [0.05, 0.1) is 12.3 Å². The van der Waals surface area contributed by atoms with Crippen LogP contribution in [0.4, 0.5) is 25.0 Å². The molecular weight excluding hydrogens is 416 g/mol. The van der Waals surface area contributed by atoms with Crippen LogP contribution in [0.15, 0.2) is 18.2 Å². The van der Waals surface area contributed by atoms with Gasteiger partial charge in [-0.1, -0.05) is 0 Å². The largest absolute Gasteiger partial charge is 0.433 e. The van der Waals surface area contributed by atoms with Crippen molar-refractivity contribution < 1.29 is 32.6 Å². The number of anilines is 2. The molecule has 5 N–H and O–H groups in total. The average molecular weight is 441 g/mol. The number of alkyl halides is 2. The van der Waals surface area contributed by atoms with Gasteiger partial charge in [0.15, 0.2) is 5.75 Å². The summed E-state index contributed by atoms with van der Waals surface area (Å²) in [5, 5.41) is 7.65. The van der Waals surface area contributed by atoms with E-state index < -0.39 is 24.6 Å². The molecule has 1 saturated carbocycles. The first-order valence-electron chi connectivity index (χ1n) is 9.92. The van der Waals surface area contributed by atoms with Crippen LogP contribution in [0.2, 0.25) is 0 Å². The monoisotopic (exact) mass is 441 g/mol. The highest BCUT2D eigenvalue weighted by Crippen LogP contribution is 2.32. The number of benzene rings is 1. The molecule has 1 saturated heterocycles. The van der Waals surface area contributed by atoms with Crippen molar-refractivity contribution in [3.05, 3.63) is 18.2 Å². The molecule has 2 aliphatic rings. The molecule has 0 spiro atoms. The third-order valence-electron chi connectivity index (χ3n) is 5.03. The number of nitrogens with zero attached hydrogens (tertiary/aromatic N) is 1. The molecule has 31 heavy (non-hydrogen) atoms.